The molecule has 6 nitrogen and oxygen atoms in total. The lowest BCUT2D eigenvalue weighted by Gasteiger charge is -2.18. The number of benzene rings is 2. The summed E-state index contributed by atoms with van der Waals surface area (Å²) in [5.41, 5.74) is 2.38. The number of hydrogen-bond donors (Lipinski definition) is 1. The number of halogens is 1. The van der Waals surface area contributed by atoms with E-state index in [0.29, 0.717) is 23.6 Å². The van der Waals surface area contributed by atoms with Crippen molar-refractivity contribution < 1.29 is 9.59 Å². The van der Waals surface area contributed by atoms with Gasteiger partial charge in [-0.05, 0) is 43.2 Å². The number of aryl methyl sites for hydroxylation is 1. The Hall–Kier alpha value is -2.86. The molecule has 0 aliphatic carbocycles. The smallest absolute Gasteiger partial charge is 0.251 e. The van der Waals surface area contributed by atoms with Crippen LogP contribution in [0.3, 0.4) is 0 Å². The van der Waals surface area contributed by atoms with E-state index in [1.165, 1.54) is 0 Å². The van der Waals surface area contributed by atoms with Crippen molar-refractivity contribution in [3.63, 3.8) is 0 Å². The molecular formula is C24H29ClN4O2. The zero-order valence-corrected chi connectivity index (χ0v) is 18.9. The number of hydrogen-bond acceptors (Lipinski definition) is 3. The number of para-hydroxylation sites is 2. The third-order valence-corrected chi connectivity index (χ3v) is 5.48. The molecule has 0 unspecified atom stereocenters. The number of rotatable bonds is 10. The Morgan fingerprint density at radius 1 is 1.13 bits per heavy atom. The Morgan fingerprint density at radius 2 is 1.94 bits per heavy atom. The summed E-state index contributed by atoms with van der Waals surface area (Å²) in [6.07, 6.45) is 3.43. The molecule has 3 aromatic rings. The molecular weight excluding hydrogens is 412 g/mol. The van der Waals surface area contributed by atoms with Crippen molar-refractivity contribution in [1.82, 2.24) is 19.8 Å². The fourth-order valence-corrected chi connectivity index (χ4v) is 3.64. The number of fused-ring (bicyclic) bond motifs is 1. The summed E-state index contributed by atoms with van der Waals surface area (Å²) < 4.78 is 2.00. The lowest BCUT2D eigenvalue weighted by atomic mass is 10.2. The first kappa shape index (κ1) is 22.8. The summed E-state index contributed by atoms with van der Waals surface area (Å²) in [4.78, 5) is 31.5. The molecule has 0 spiro atoms. The van der Waals surface area contributed by atoms with Crippen LogP contribution >= 0.6 is 11.6 Å². The Balaban J connectivity index is 1.64. The van der Waals surface area contributed by atoms with Crippen LogP contribution in [-0.4, -0.2) is 46.4 Å². The molecule has 2 aromatic carbocycles. The third kappa shape index (κ3) is 6.07. The predicted molar refractivity (Wildman–Crippen MR) is 124 cm³/mol. The zero-order valence-electron chi connectivity index (χ0n) is 18.1. The van der Waals surface area contributed by atoms with E-state index in [9.17, 15) is 9.59 Å². The topological polar surface area (TPSA) is 67.2 Å². The minimum Gasteiger partial charge on any atom is -0.352 e. The van der Waals surface area contributed by atoms with Gasteiger partial charge in [-0.1, -0.05) is 43.1 Å². The highest BCUT2D eigenvalue weighted by Gasteiger charge is 2.16. The second-order valence-corrected chi connectivity index (χ2v) is 8.08. The van der Waals surface area contributed by atoms with E-state index in [1.54, 1.807) is 29.2 Å². The van der Waals surface area contributed by atoms with Crippen LogP contribution in [0.25, 0.3) is 11.0 Å². The standard InChI is InChI=1S/C24H29ClN4O2/c1-3-4-15-28(2)23(30)17-29-21-12-6-5-11-20(21)27-22(29)13-8-14-26-24(31)18-9-7-10-19(25)16-18/h5-7,9-12,16H,3-4,8,13-15,17H2,1-2H3,(H,26,31). The number of nitrogens with one attached hydrogen (secondary N) is 1. The van der Waals surface area contributed by atoms with Crippen molar-refractivity contribution in [2.75, 3.05) is 20.1 Å². The van der Waals surface area contributed by atoms with Crippen molar-refractivity contribution >= 4 is 34.4 Å². The first-order chi connectivity index (χ1) is 15.0. The van der Waals surface area contributed by atoms with Gasteiger partial charge in [0.1, 0.15) is 12.4 Å². The van der Waals surface area contributed by atoms with Crippen molar-refractivity contribution in [3.05, 3.63) is 64.9 Å². The number of carbonyl (C=O) groups is 2. The molecule has 0 bridgehead atoms. The van der Waals surface area contributed by atoms with E-state index in [0.717, 1.165) is 42.7 Å². The van der Waals surface area contributed by atoms with Gasteiger partial charge in [0, 0.05) is 37.1 Å². The predicted octanol–water partition coefficient (Wildman–Crippen LogP) is 4.31. The molecule has 0 fully saturated rings. The van der Waals surface area contributed by atoms with E-state index < -0.39 is 0 Å². The van der Waals surface area contributed by atoms with Crippen LogP contribution in [0.1, 0.15) is 42.4 Å². The lowest BCUT2D eigenvalue weighted by molar-refractivity contribution is -0.130. The quantitative estimate of drug-likeness (QED) is 0.477. The molecule has 0 saturated carbocycles. The highest BCUT2D eigenvalue weighted by molar-refractivity contribution is 6.30. The van der Waals surface area contributed by atoms with Crippen molar-refractivity contribution in [1.29, 1.82) is 0 Å². The van der Waals surface area contributed by atoms with E-state index in [2.05, 4.69) is 12.2 Å². The number of likely N-dealkylation sites (N-methyl/N-ethyl adjacent to an activating group) is 1. The molecule has 7 heteroatoms. The fourth-order valence-electron chi connectivity index (χ4n) is 3.45. The normalized spacial score (nSPS) is 10.9. The van der Waals surface area contributed by atoms with Gasteiger partial charge < -0.3 is 14.8 Å². The SMILES string of the molecule is CCCCN(C)C(=O)Cn1c(CCCNC(=O)c2cccc(Cl)c2)nc2ccccc21. The molecule has 3 rings (SSSR count). The second kappa shape index (κ2) is 11.0. The summed E-state index contributed by atoms with van der Waals surface area (Å²) in [7, 11) is 1.85. The van der Waals surface area contributed by atoms with Crippen LogP contribution in [0.4, 0.5) is 0 Å². The lowest BCUT2D eigenvalue weighted by Crippen LogP contribution is -2.31. The number of amides is 2. The number of unbranched alkanes of at least 4 members (excludes halogenated alkanes) is 1. The third-order valence-electron chi connectivity index (χ3n) is 5.25. The molecule has 2 amide bonds. The van der Waals surface area contributed by atoms with Crippen molar-refractivity contribution in [2.24, 2.45) is 0 Å². The molecule has 0 aliphatic heterocycles. The molecule has 0 saturated heterocycles. The molecule has 1 heterocycles. The van der Waals surface area contributed by atoms with Gasteiger partial charge in [-0.25, -0.2) is 4.98 Å². The molecule has 0 aliphatic rings. The maximum Gasteiger partial charge on any atom is 0.251 e. The minimum absolute atomic E-state index is 0.0760. The molecule has 31 heavy (non-hydrogen) atoms. The van der Waals surface area contributed by atoms with Gasteiger partial charge in [-0.15, -0.1) is 0 Å². The first-order valence-corrected chi connectivity index (χ1v) is 11.1. The number of imidazole rings is 1. The Labute approximate surface area is 188 Å². The minimum atomic E-state index is -0.149. The molecule has 0 radical (unpaired) electrons. The highest BCUT2D eigenvalue weighted by atomic mass is 35.5. The molecule has 1 aromatic heterocycles. The Morgan fingerprint density at radius 3 is 2.71 bits per heavy atom. The summed E-state index contributed by atoms with van der Waals surface area (Å²) in [6.45, 7) is 3.65. The van der Waals surface area contributed by atoms with Crippen LogP contribution in [0.2, 0.25) is 5.02 Å². The largest absolute Gasteiger partial charge is 0.352 e. The van der Waals surface area contributed by atoms with Gasteiger partial charge in [-0.3, -0.25) is 9.59 Å². The monoisotopic (exact) mass is 440 g/mol. The van der Waals surface area contributed by atoms with Gasteiger partial charge in [0.25, 0.3) is 5.91 Å². The summed E-state index contributed by atoms with van der Waals surface area (Å²) in [5, 5.41) is 3.46. The average molecular weight is 441 g/mol. The summed E-state index contributed by atoms with van der Waals surface area (Å²) in [5.74, 6) is 0.784. The van der Waals surface area contributed by atoms with E-state index in [-0.39, 0.29) is 18.4 Å². The van der Waals surface area contributed by atoms with Gasteiger partial charge in [-0.2, -0.15) is 0 Å². The highest BCUT2D eigenvalue weighted by Crippen LogP contribution is 2.18. The second-order valence-electron chi connectivity index (χ2n) is 7.64. The van der Waals surface area contributed by atoms with Crippen LogP contribution in [0.15, 0.2) is 48.5 Å². The Kier molecular flexibility index (Phi) is 8.06. The average Bonchev–Trinajstić information content (AvgIpc) is 3.12. The van der Waals surface area contributed by atoms with Crippen LogP contribution in [-0.2, 0) is 17.8 Å². The van der Waals surface area contributed by atoms with E-state index >= 15 is 0 Å². The van der Waals surface area contributed by atoms with E-state index in [4.69, 9.17) is 16.6 Å². The van der Waals surface area contributed by atoms with Crippen molar-refractivity contribution in [2.45, 2.75) is 39.2 Å². The van der Waals surface area contributed by atoms with Gasteiger partial charge >= 0.3 is 0 Å². The van der Waals surface area contributed by atoms with Gasteiger partial charge in [0.15, 0.2) is 0 Å². The molecule has 1 N–H and O–H groups in total. The maximum atomic E-state index is 12.7. The molecule has 164 valence electrons. The maximum absolute atomic E-state index is 12.7. The van der Waals surface area contributed by atoms with Gasteiger partial charge in [0.05, 0.1) is 11.0 Å². The van der Waals surface area contributed by atoms with Crippen LogP contribution in [0.5, 0.6) is 0 Å². The van der Waals surface area contributed by atoms with Gasteiger partial charge in [0.2, 0.25) is 5.91 Å². The Bertz CT molecular complexity index is 1050. The van der Waals surface area contributed by atoms with Crippen molar-refractivity contribution in [3.8, 4) is 0 Å². The van der Waals surface area contributed by atoms with E-state index in [1.807, 2.05) is 35.9 Å². The zero-order chi connectivity index (χ0) is 22.2. The number of nitrogens with zero attached hydrogens (tertiary/aromatic N) is 3. The van der Waals surface area contributed by atoms with Crippen LogP contribution in [0, 0.1) is 0 Å². The number of aromatic nitrogens is 2. The first-order valence-electron chi connectivity index (χ1n) is 10.7. The fraction of sp³-hybridized carbons (Fsp3) is 0.375. The van der Waals surface area contributed by atoms with Crippen LogP contribution < -0.4 is 5.32 Å². The molecule has 0 atom stereocenters. The summed E-state index contributed by atoms with van der Waals surface area (Å²) in [6, 6.07) is 14.7. The summed E-state index contributed by atoms with van der Waals surface area (Å²) >= 11 is 5.96. The number of carbonyl (C=O) groups excluding carboxylic acids is 2.